The van der Waals surface area contributed by atoms with Gasteiger partial charge in [-0.1, -0.05) is 36.8 Å². The van der Waals surface area contributed by atoms with Crippen LogP contribution in [-0.4, -0.2) is 10.8 Å². The van der Waals surface area contributed by atoms with Gasteiger partial charge in [-0.05, 0) is 30.5 Å². The van der Waals surface area contributed by atoms with E-state index in [-0.39, 0.29) is 5.78 Å². The molecule has 2 aromatic rings. The van der Waals surface area contributed by atoms with Crippen molar-refractivity contribution >= 4 is 11.6 Å². The van der Waals surface area contributed by atoms with Crippen LogP contribution in [0.25, 0.3) is 0 Å². The van der Waals surface area contributed by atoms with Crippen LogP contribution in [0.1, 0.15) is 35.2 Å². The van der Waals surface area contributed by atoms with E-state index < -0.39 is 5.41 Å². The molecule has 1 heterocycles. The quantitative estimate of drug-likeness (QED) is 0.854. The molecule has 0 aliphatic heterocycles. The van der Waals surface area contributed by atoms with Crippen LogP contribution in [0.3, 0.4) is 0 Å². The minimum atomic E-state index is -0.390. The summed E-state index contributed by atoms with van der Waals surface area (Å²) in [6.07, 6.45) is 4.48. The van der Waals surface area contributed by atoms with Crippen LogP contribution in [0.5, 0.6) is 0 Å². The van der Waals surface area contributed by atoms with Gasteiger partial charge in [0.2, 0.25) is 0 Å². The molecule has 0 bridgehead atoms. The number of aromatic nitrogens is 1. The molecule has 1 aliphatic carbocycles. The molecule has 0 unspecified atom stereocenters. The maximum absolute atomic E-state index is 12.9. The SMILES string of the molecule is Nc1ncccc1C(=O)C1(c2ccccc2)CCC1. The molecule has 2 N–H and O–H groups in total. The topological polar surface area (TPSA) is 56.0 Å². The summed E-state index contributed by atoms with van der Waals surface area (Å²) >= 11 is 0. The Balaban J connectivity index is 2.04. The van der Waals surface area contributed by atoms with Gasteiger partial charge in [0.05, 0.1) is 11.0 Å². The fraction of sp³-hybridized carbons (Fsp3) is 0.250. The maximum Gasteiger partial charge on any atom is 0.177 e. The van der Waals surface area contributed by atoms with E-state index in [1.54, 1.807) is 18.3 Å². The third-order valence-corrected chi connectivity index (χ3v) is 4.05. The number of pyridine rings is 1. The van der Waals surface area contributed by atoms with Gasteiger partial charge in [0, 0.05) is 6.20 Å². The number of nitrogens with zero attached hydrogens (tertiary/aromatic N) is 1. The Bertz CT molecular complexity index is 603. The number of rotatable bonds is 3. The van der Waals surface area contributed by atoms with Gasteiger partial charge < -0.3 is 5.73 Å². The average molecular weight is 252 g/mol. The molecule has 0 saturated heterocycles. The summed E-state index contributed by atoms with van der Waals surface area (Å²) in [6, 6.07) is 13.5. The third kappa shape index (κ3) is 1.82. The first-order valence-corrected chi connectivity index (χ1v) is 6.55. The zero-order chi connectivity index (χ0) is 13.3. The van der Waals surface area contributed by atoms with Crippen molar-refractivity contribution in [2.24, 2.45) is 0 Å². The number of carbonyl (C=O) groups excluding carboxylic acids is 1. The van der Waals surface area contributed by atoms with Crippen LogP contribution < -0.4 is 5.73 Å². The second-order valence-corrected chi connectivity index (χ2v) is 5.07. The molecule has 1 aliphatic rings. The highest BCUT2D eigenvalue weighted by Gasteiger charge is 2.46. The van der Waals surface area contributed by atoms with Crippen molar-refractivity contribution in [3.05, 3.63) is 59.8 Å². The normalized spacial score (nSPS) is 16.6. The molecule has 0 radical (unpaired) electrons. The van der Waals surface area contributed by atoms with Crippen molar-refractivity contribution in [1.82, 2.24) is 4.98 Å². The minimum absolute atomic E-state index is 0.107. The number of ketones is 1. The van der Waals surface area contributed by atoms with Crippen LogP contribution in [-0.2, 0) is 5.41 Å². The molecule has 1 fully saturated rings. The lowest BCUT2D eigenvalue weighted by atomic mass is 9.61. The fourth-order valence-electron chi connectivity index (χ4n) is 2.80. The summed E-state index contributed by atoms with van der Waals surface area (Å²) < 4.78 is 0. The number of benzene rings is 1. The molecular formula is C16H16N2O. The summed E-state index contributed by atoms with van der Waals surface area (Å²) in [5.74, 6) is 0.435. The minimum Gasteiger partial charge on any atom is -0.383 e. The molecule has 1 aromatic heterocycles. The number of nitrogen functional groups attached to an aromatic ring is 1. The van der Waals surface area contributed by atoms with Gasteiger partial charge in [-0.2, -0.15) is 0 Å². The van der Waals surface area contributed by atoms with E-state index in [0.717, 1.165) is 24.8 Å². The Kier molecular flexibility index (Phi) is 2.82. The average Bonchev–Trinajstić information content (AvgIpc) is 2.39. The fourth-order valence-corrected chi connectivity index (χ4v) is 2.80. The van der Waals surface area contributed by atoms with Gasteiger partial charge in [-0.25, -0.2) is 4.98 Å². The summed E-state index contributed by atoms with van der Waals surface area (Å²) in [6.45, 7) is 0. The van der Waals surface area contributed by atoms with Crippen molar-refractivity contribution in [2.75, 3.05) is 5.73 Å². The summed E-state index contributed by atoms with van der Waals surface area (Å²) in [4.78, 5) is 16.9. The van der Waals surface area contributed by atoms with Crippen LogP contribution in [0.15, 0.2) is 48.7 Å². The molecule has 0 amide bonds. The van der Waals surface area contributed by atoms with Crippen molar-refractivity contribution < 1.29 is 4.79 Å². The lowest BCUT2D eigenvalue weighted by Gasteiger charge is -2.41. The molecule has 19 heavy (non-hydrogen) atoms. The number of hydrogen-bond donors (Lipinski definition) is 1. The molecule has 1 saturated carbocycles. The molecule has 3 rings (SSSR count). The van der Waals surface area contributed by atoms with Gasteiger partial charge in [0.25, 0.3) is 0 Å². The van der Waals surface area contributed by atoms with E-state index in [2.05, 4.69) is 4.98 Å². The van der Waals surface area contributed by atoms with Crippen molar-refractivity contribution in [3.8, 4) is 0 Å². The monoisotopic (exact) mass is 252 g/mol. The first-order chi connectivity index (χ1) is 9.24. The van der Waals surface area contributed by atoms with E-state index >= 15 is 0 Å². The Hall–Kier alpha value is -2.16. The van der Waals surface area contributed by atoms with Gasteiger partial charge in [0.15, 0.2) is 5.78 Å². The van der Waals surface area contributed by atoms with E-state index in [1.807, 2.05) is 30.3 Å². The first kappa shape index (κ1) is 11.9. The molecule has 3 nitrogen and oxygen atoms in total. The molecule has 0 atom stereocenters. The molecule has 1 aromatic carbocycles. The first-order valence-electron chi connectivity index (χ1n) is 6.55. The summed E-state index contributed by atoms with van der Waals surface area (Å²) in [5.41, 5.74) is 7.09. The largest absolute Gasteiger partial charge is 0.383 e. The Labute approximate surface area is 112 Å². The lowest BCUT2D eigenvalue weighted by molar-refractivity contribution is 0.0789. The molecular weight excluding hydrogens is 236 g/mol. The second-order valence-electron chi connectivity index (χ2n) is 5.07. The van der Waals surface area contributed by atoms with Crippen LogP contribution in [0.4, 0.5) is 5.82 Å². The molecule has 96 valence electrons. The van der Waals surface area contributed by atoms with Gasteiger partial charge in [-0.3, -0.25) is 4.79 Å². The van der Waals surface area contributed by atoms with E-state index in [1.165, 1.54) is 0 Å². The highest BCUT2D eigenvalue weighted by Crippen LogP contribution is 2.46. The molecule has 3 heteroatoms. The standard InChI is InChI=1S/C16H16N2O/c17-15-13(8-4-11-18-15)14(19)16(9-5-10-16)12-6-2-1-3-7-12/h1-4,6-8,11H,5,9-10H2,(H2,17,18). The number of anilines is 1. The highest BCUT2D eigenvalue weighted by molar-refractivity contribution is 6.07. The van der Waals surface area contributed by atoms with Gasteiger partial charge >= 0.3 is 0 Å². The molecule has 0 spiro atoms. The van der Waals surface area contributed by atoms with Crippen molar-refractivity contribution in [2.45, 2.75) is 24.7 Å². The number of carbonyl (C=O) groups is 1. The highest BCUT2D eigenvalue weighted by atomic mass is 16.1. The zero-order valence-corrected chi connectivity index (χ0v) is 10.7. The second kappa shape index (κ2) is 4.50. The number of Topliss-reactive ketones (excluding diaryl/α,β-unsaturated/α-hetero) is 1. The predicted molar refractivity (Wildman–Crippen MR) is 75.0 cm³/mol. The van der Waals surface area contributed by atoms with Crippen LogP contribution in [0.2, 0.25) is 0 Å². The Morgan fingerprint density at radius 2 is 1.84 bits per heavy atom. The van der Waals surface area contributed by atoms with Crippen molar-refractivity contribution in [1.29, 1.82) is 0 Å². The maximum atomic E-state index is 12.9. The summed E-state index contributed by atoms with van der Waals surface area (Å²) in [7, 11) is 0. The predicted octanol–water partition coefficient (Wildman–Crippen LogP) is 2.97. The number of nitrogens with two attached hydrogens (primary N) is 1. The smallest absolute Gasteiger partial charge is 0.177 e. The Morgan fingerprint density at radius 3 is 2.42 bits per heavy atom. The van der Waals surface area contributed by atoms with Crippen molar-refractivity contribution in [3.63, 3.8) is 0 Å². The lowest BCUT2D eigenvalue weighted by Crippen LogP contribution is -2.42. The number of hydrogen-bond acceptors (Lipinski definition) is 3. The van der Waals surface area contributed by atoms with Gasteiger partial charge in [0.1, 0.15) is 5.82 Å². The third-order valence-electron chi connectivity index (χ3n) is 4.05. The van der Waals surface area contributed by atoms with Gasteiger partial charge in [-0.15, -0.1) is 0 Å². The zero-order valence-electron chi connectivity index (χ0n) is 10.7. The van der Waals surface area contributed by atoms with E-state index in [9.17, 15) is 4.79 Å². The Morgan fingerprint density at radius 1 is 1.11 bits per heavy atom. The van der Waals surface area contributed by atoms with E-state index in [0.29, 0.717) is 11.4 Å². The van der Waals surface area contributed by atoms with Crippen LogP contribution >= 0.6 is 0 Å². The van der Waals surface area contributed by atoms with E-state index in [4.69, 9.17) is 5.73 Å². The van der Waals surface area contributed by atoms with Crippen LogP contribution in [0, 0.1) is 0 Å². The summed E-state index contributed by atoms with van der Waals surface area (Å²) in [5, 5.41) is 0.